The number of aromatic nitrogens is 2. The van der Waals surface area contributed by atoms with E-state index in [2.05, 4.69) is 24.8 Å². The molecule has 2 aromatic heterocycles. The molecule has 5 rings (SSSR count). The van der Waals surface area contributed by atoms with Gasteiger partial charge in [-0.25, -0.2) is 9.97 Å². The molecule has 3 aliphatic rings. The van der Waals surface area contributed by atoms with Gasteiger partial charge >= 0.3 is 0 Å². The topological polar surface area (TPSA) is 38.2 Å². The molecule has 2 aliphatic heterocycles. The molecular weight excluding hydrogens is 342 g/mol. The first-order chi connectivity index (χ1) is 12.5. The van der Waals surface area contributed by atoms with Crippen molar-refractivity contribution in [3.63, 3.8) is 0 Å². The molecule has 4 nitrogen and oxygen atoms in total. The molecule has 2 bridgehead atoms. The van der Waals surface area contributed by atoms with Crippen LogP contribution in [0.4, 0.5) is 0 Å². The van der Waals surface area contributed by atoms with Gasteiger partial charge in [-0.3, -0.25) is 4.90 Å². The summed E-state index contributed by atoms with van der Waals surface area (Å²) in [5, 5.41) is 1.30. The first-order valence-corrected chi connectivity index (χ1v) is 10.9. The van der Waals surface area contributed by atoms with Crippen LogP contribution in [0.5, 0.6) is 0 Å². The molecule has 2 atom stereocenters. The highest BCUT2D eigenvalue weighted by molar-refractivity contribution is 7.18. The lowest BCUT2D eigenvalue weighted by Crippen LogP contribution is -2.36. The molecule has 26 heavy (non-hydrogen) atoms. The molecule has 4 heterocycles. The molecule has 2 unspecified atom stereocenters. The molecule has 3 fully saturated rings. The summed E-state index contributed by atoms with van der Waals surface area (Å²) in [5.74, 6) is 1.62. The summed E-state index contributed by atoms with van der Waals surface area (Å²) in [4.78, 5) is 14.9. The Morgan fingerprint density at radius 3 is 2.77 bits per heavy atom. The lowest BCUT2D eigenvalue weighted by Gasteiger charge is -2.33. The van der Waals surface area contributed by atoms with E-state index in [0.717, 1.165) is 25.5 Å². The average Bonchev–Trinajstić information content (AvgIpc) is 3.29. The third-order valence-electron chi connectivity index (χ3n) is 6.71. The lowest BCUT2D eigenvalue weighted by atomic mass is 9.73. The summed E-state index contributed by atoms with van der Waals surface area (Å²) in [7, 11) is 0. The first-order valence-electron chi connectivity index (χ1n) is 10.1. The van der Waals surface area contributed by atoms with Gasteiger partial charge in [0.25, 0.3) is 0 Å². The van der Waals surface area contributed by atoms with E-state index in [1.54, 1.807) is 0 Å². The predicted molar refractivity (Wildman–Crippen MR) is 106 cm³/mol. The fourth-order valence-corrected chi connectivity index (χ4v) is 6.25. The molecule has 0 radical (unpaired) electrons. The molecule has 140 valence electrons. The van der Waals surface area contributed by atoms with Gasteiger partial charge in [-0.05, 0) is 56.4 Å². The van der Waals surface area contributed by atoms with Crippen LogP contribution in [-0.2, 0) is 11.3 Å². The van der Waals surface area contributed by atoms with Crippen molar-refractivity contribution in [2.75, 3.05) is 13.2 Å². The number of likely N-dealkylation sites (tertiary alicyclic amines) is 1. The molecule has 1 aliphatic carbocycles. The number of thiophene rings is 1. The van der Waals surface area contributed by atoms with Gasteiger partial charge in [-0.15, -0.1) is 11.3 Å². The molecule has 0 N–H and O–H groups in total. The van der Waals surface area contributed by atoms with Gasteiger partial charge in [0, 0.05) is 29.4 Å². The van der Waals surface area contributed by atoms with Crippen LogP contribution >= 0.6 is 11.3 Å². The van der Waals surface area contributed by atoms with Gasteiger partial charge < -0.3 is 4.74 Å². The zero-order valence-corrected chi connectivity index (χ0v) is 16.9. The number of ether oxygens (including phenoxy) is 1. The van der Waals surface area contributed by atoms with Crippen molar-refractivity contribution in [3.8, 4) is 0 Å². The van der Waals surface area contributed by atoms with Crippen molar-refractivity contribution in [2.24, 2.45) is 5.41 Å². The lowest BCUT2D eigenvalue weighted by molar-refractivity contribution is 0.0270. The van der Waals surface area contributed by atoms with E-state index in [9.17, 15) is 0 Å². The van der Waals surface area contributed by atoms with E-state index in [1.807, 2.05) is 18.3 Å². The van der Waals surface area contributed by atoms with Crippen LogP contribution in [0.15, 0.2) is 6.07 Å². The van der Waals surface area contributed by atoms with Gasteiger partial charge in [-0.1, -0.05) is 13.8 Å². The summed E-state index contributed by atoms with van der Waals surface area (Å²) in [5.41, 5.74) is 1.74. The van der Waals surface area contributed by atoms with Crippen LogP contribution < -0.4 is 0 Å². The van der Waals surface area contributed by atoms with Crippen LogP contribution in [0.25, 0.3) is 10.2 Å². The Kier molecular flexibility index (Phi) is 4.11. The van der Waals surface area contributed by atoms with E-state index in [1.165, 1.54) is 52.9 Å². The van der Waals surface area contributed by atoms with Crippen molar-refractivity contribution < 1.29 is 4.74 Å². The minimum absolute atomic E-state index is 0.446. The third kappa shape index (κ3) is 3.08. The second-order valence-corrected chi connectivity index (χ2v) is 10.4. The van der Waals surface area contributed by atoms with E-state index < -0.39 is 0 Å². The third-order valence-corrected chi connectivity index (χ3v) is 7.90. The molecular formula is C21H29N3OS. The standard InChI is InChI=1S/C21H29N3OS/c1-13-22-18(11-24-10-16-8-15(24)12-25-16)17-9-19(26-20(17)23-13)14-4-6-21(2,3)7-5-14/h9,14-16H,4-8,10-12H2,1-3H3. The number of aryl methyl sites for hydroxylation is 1. The van der Waals surface area contributed by atoms with Gasteiger partial charge in [0.15, 0.2) is 0 Å². The van der Waals surface area contributed by atoms with Gasteiger partial charge in [0.1, 0.15) is 10.7 Å². The molecule has 2 aromatic rings. The monoisotopic (exact) mass is 371 g/mol. The molecule has 2 saturated heterocycles. The molecule has 1 saturated carbocycles. The Balaban J connectivity index is 1.42. The number of rotatable bonds is 3. The zero-order chi connectivity index (χ0) is 17.9. The summed E-state index contributed by atoms with van der Waals surface area (Å²) >= 11 is 1.91. The van der Waals surface area contributed by atoms with Gasteiger partial charge in [0.05, 0.1) is 18.4 Å². The highest BCUT2D eigenvalue weighted by atomic mass is 32.1. The maximum absolute atomic E-state index is 5.76. The Labute approximate surface area is 160 Å². The Morgan fingerprint density at radius 1 is 1.27 bits per heavy atom. The molecule has 0 amide bonds. The van der Waals surface area contributed by atoms with E-state index in [0.29, 0.717) is 23.5 Å². The maximum Gasteiger partial charge on any atom is 0.127 e. The zero-order valence-electron chi connectivity index (χ0n) is 16.1. The molecule has 5 heteroatoms. The first kappa shape index (κ1) is 17.1. The van der Waals surface area contributed by atoms with Gasteiger partial charge in [-0.2, -0.15) is 0 Å². The number of morpholine rings is 1. The van der Waals surface area contributed by atoms with Gasteiger partial charge in [0.2, 0.25) is 0 Å². The quantitative estimate of drug-likeness (QED) is 0.787. The van der Waals surface area contributed by atoms with E-state index in [4.69, 9.17) is 14.7 Å². The Morgan fingerprint density at radius 2 is 2.08 bits per heavy atom. The Bertz CT molecular complexity index is 820. The number of fused-ring (bicyclic) bond motifs is 3. The SMILES string of the molecule is Cc1nc(CN2CC3CC2CO3)c2cc(C3CCC(C)(C)CC3)sc2n1. The van der Waals surface area contributed by atoms with E-state index in [-0.39, 0.29) is 0 Å². The van der Waals surface area contributed by atoms with Crippen molar-refractivity contribution in [2.45, 2.75) is 77.5 Å². The van der Waals surface area contributed by atoms with Crippen molar-refractivity contribution in [1.29, 1.82) is 0 Å². The van der Waals surface area contributed by atoms with Crippen LogP contribution in [0.2, 0.25) is 0 Å². The highest BCUT2D eigenvalue weighted by Gasteiger charge is 2.39. The normalized spacial score (nSPS) is 29.0. The van der Waals surface area contributed by atoms with Crippen LogP contribution in [0, 0.1) is 12.3 Å². The smallest absolute Gasteiger partial charge is 0.127 e. The minimum atomic E-state index is 0.446. The van der Waals surface area contributed by atoms with E-state index >= 15 is 0 Å². The fraction of sp³-hybridized carbons (Fsp3) is 0.714. The van der Waals surface area contributed by atoms with Crippen LogP contribution in [0.1, 0.15) is 68.3 Å². The average molecular weight is 372 g/mol. The highest BCUT2D eigenvalue weighted by Crippen LogP contribution is 2.45. The van der Waals surface area contributed by atoms with Crippen molar-refractivity contribution in [1.82, 2.24) is 14.9 Å². The van der Waals surface area contributed by atoms with Crippen LogP contribution in [0.3, 0.4) is 0 Å². The minimum Gasteiger partial charge on any atom is -0.375 e. The molecule has 0 aromatic carbocycles. The fourth-order valence-electron chi connectivity index (χ4n) is 4.99. The second-order valence-electron chi connectivity index (χ2n) is 9.30. The molecule has 0 spiro atoms. The number of nitrogens with zero attached hydrogens (tertiary/aromatic N) is 3. The number of hydrogen-bond acceptors (Lipinski definition) is 5. The summed E-state index contributed by atoms with van der Waals surface area (Å²) < 4.78 is 5.76. The summed E-state index contributed by atoms with van der Waals surface area (Å²) in [6, 6.07) is 3.01. The number of hydrogen-bond donors (Lipinski definition) is 0. The van der Waals surface area contributed by atoms with Crippen LogP contribution in [-0.4, -0.2) is 40.2 Å². The predicted octanol–water partition coefficient (Wildman–Crippen LogP) is 4.66. The second kappa shape index (κ2) is 6.25. The summed E-state index contributed by atoms with van der Waals surface area (Å²) in [6.07, 6.45) is 6.94. The summed E-state index contributed by atoms with van der Waals surface area (Å²) in [6.45, 7) is 9.75. The largest absolute Gasteiger partial charge is 0.375 e. The maximum atomic E-state index is 5.76. The Hall–Kier alpha value is -1.04. The van der Waals surface area contributed by atoms with Crippen molar-refractivity contribution >= 4 is 21.6 Å². The van der Waals surface area contributed by atoms with Crippen molar-refractivity contribution in [3.05, 3.63) is 22.5 Å².